The van der Waals surface area contributed by atoms with Crippen LogP contribution in [0.15, 0.2) is 53.6 Å². The third-order valence-electron chi connectivity index (χ3n) is 2.76. The molecule has 0 saturated carbocycles. The molecule has 4 heteroatoms. The fourth-order valence-electron chi connectivity index (χ4n) is 1.84. The normalized spacial score (nSPS) is 11.2. The summed E-state index contributed by atoms with van der Waals surface area (Å²) in [6.45, 7) is 0. The van der Waals surface area contributed by atoms with Crippen LogP contribution >= 0.6 is 0 Å². The minimum Gasteiger partial charge on any atom is -0.339 e. The summed E-state index contributed by atoms with van der Waals surface area (Å²) in [4.78, 5) is 23.0. The molecule has 2 heterocycles. The maximum Gasteiger partial charge on any atom is 0.281 e. The number of pyridine rings is 1. The first-order valence-corrected chi connectivity index (χ1v) is 5.90. The Labute approximate surface area is 109 Å². The highest BCUT2D eigenvalue weighted by atomic mass is 16.1. The summed E-state index contributed by atoms with van der Waals surface area (Å²) in [6.07, 6.45) is 7.09. The Kier molecular flexibility index (Phi) is 2.90. The topological polar surface area (TPSA) is 58.6 Å². The second-order valence-electron chi connectivity index (χ2n) is 4.09. The van der Waals surface area contributed by atoms with Crippen molar-refractivity contribution in [1.82, 2.24) is 15.0 Å². The molecule has 0 unspecified atom stereocenters. The van der Waals surface area contributed by atoms with Gasteiger partial charge in [0.05, 0.1) is 10.9 Å². The molecule has 0 fully saturated rings. The SMILES string of the molecule is O=c1nc(/C=C/c2cccnc2)[nH]c2ccccc12. The molecule has 92 valence electrons. The predicted octanol–water partition coefficient (Wildman–Crippen LogP) is 2.49. The van der Waals surface area contributed by atoms with Crippen LogP contribution in [0.5, 0.6) is 0 Å². The van der Waals surface area contributed by atoms with Crippen molar-refractivity contribution in [2.45, 2.75) is 0 Å². The zero-order valence-electron chi connectivity index (χ0n) is 10.1. The van der Waals surface area contributed by atoms with Gasteiger partial charge in [-0.25, -0.2) is 0 Å². The van der Waals surface area contributed by atoms with Gasteiger partial charge in [0, 0.05) is 12.4 Å². The minimum absolute atomic E-state index is 0.222. The summed E-state index contributed by atoms with van der Waals surface area (Å²) in [5.41, 5.74) is 1.52. The van der Waals surface area contributed by atoms with E-state index in [0.29, 0.717) is 11.2 Å². The van der Waals surface area contributed by atoms with E-state index in [1.54, 1.807) is 24.5 Å². The van der Waals surface area contributed by atoms with Gasteiger partial charge in [-0.1, -0.05) is 18.2 Å². The highest BCUT2D eigenvalue weighted by Gasteiger charge is 2.00. The zero-order chi connectivity index (χ0) is 13.1. The first-order valence-electron chi connectivity index (χ1n) is 5.90. The Morgan fingerprint density at radius 3 is 2.79 bits per heavy atom. The van der Waals surface area contributed by atoms with Crippen molar-refractivity contribution >= 4 is 23.1 Å². The fraction of sp³-hybridized carbons (Fsp3) is 0. The molecule has 1 aromatic carbocycles. The number of nitrogens with one attached hydrogen (secondary N) is 1. The fourth-order valence-corrected chi connectivity index (χ4v) is 1.84. The molecule has 2 aromatic heterocycles. The molecule has 0 aliphatic heterocycles. The van der Waals surface area contributed by atoms with E-state index in [0.717, 1.165) is 11.1 Å². The van der Waals surface area contributed by atoms with Crippen LogP contribution in [0, 0.1) is 0 Å². The predicted molar refractivity (Wildman–Crippen MR) is 75.5 cm³/mol. The van der Waals surface area contributed by atoms with Gasteiger partial charge in [0.15, 0.2) is 0 Å². The van der Waals surface area contributed by atoms with Crippen molar-refractivity contribution < 1.29 is 0 Å². The number of benzene rings is 1. The van der Waals surface area contributed by atoms with Crippen molar-refractivity contribution in [2.24, 2.45) is 0 Å². The number of nitrogens with zero attached hydrogens (tertiary/aromatic N) is 2. The van der Waals surface area contributed by atoms with Gasteiger partial charge in [-0.15, -0.1) is 0 Å². The summed E-state index contributed by atoms with van der Waals surface area (Å²) < 4.78 is 0. The van der Waals surface area contributed by atoms with E-state index in [-0.39, 0.29) is 5.56 Å². The van der Waals surface area contributed by atoms with Gasteiger partial charge in [-0.2, -0.15) is 4.98 Å². The van der Waals surface area contributed by atoms with Crippen LogP contribution in [-0.2, 0) is 0 Å². The highest BCUT2D eigenvalue weighted by molar-refractivity contribution is 5.78. The van der Waals surface area contributed by atoms with Crippen LogP contribution in [0.4, 0.5) is 0 Å². The van der Waals surface area contributed by atoms with E-state index in [2.05, 4.69) is 15.0 Å². The van der Waals surface area contributed by atoms with Gasteiger partial charge in [-0.05, 0) is 35.9 Å². The molecule has 3 aromatic rings. The number of fused-ring (bicyclic) bond motifs is 1. The number of aromatic nitrogens is 3. The first kappa shape index (κ1) is 11.3. The molecule has 3 rings (SSSR count). The smallest absolute Gasteiger partial charge is 0.281 e. The van der Waals surface area contributed by atoms with Crippen molar-refractivity contribution in [3.63, 3.8) is 0 Å². The number of H-pyrrole nitrogens is 1. The molecule has 0 atom stereocenters. The van der Waals surface area contributed by atoms with Gasteiger partial charge < -0.3 is 4.98 Å². The summed E-state index contributed by atoms with van der Waals surface area (Å²) in [5, 5.41) is 0.598. The Morgan fingerprint density at radius 1 is 1.05 bits per heavy atom. The van der Waals surface area contributed by atoms with Gasteiger partial charge in [0.25, 0.3) is 5.56 Å². The lowest BCUT2D eigenvalue weighted by molar-refractivity contribution is 1.14. The van der Waals surface area contributed by atoms with E-state index >= 15 is 0 Å². The summed E-state index contributed by atoms with van der Waals surface area (Å²) in [6, 6.07) is 11.1. The Bertz CT molecular complexity index is 791. The Hall–Kier alpha value is -2.75. The first-order chi connectivity index (χ1) is 9.33. The average Bonchev–Trinajstić information content (AvgIpc) is 2.46. The Morgan fingerprint density at radius 2 is 1.95 bits per heavy atom. The molecule has 19 heavy (non-hydrogen) atoms. The lowest BCUT2D eigenvalue weighted by Crippen LogP contribution is -2.09. The number of para-hydroxylation sites is 1. The third kappa shape index (κ3) is 2.42. The highest BCUT2D eigenvalue weighted by Crippen LogP contribution is 2.07. The lowest BCUT2D eigenvalue weighted by atomic mass is 10.2. The number of aromatic amines is 1. The monoisotopic (exact) mass is 249 g/mol. The van der Waals surface area contributed by atoms with Crippen LogP contribution in [0.25, 0.3) is 23.1 Å². The quantitative estimate of drug-likeness (QED) is 0.759. The molecule has 0 amide bonds. The third-order valence-corrected chi connectivity index (χ3v) is 2.76. The molecular weight excluding hydrogens is 238 g/mol. The van der Waals surface area contributed by atoms with Crippen LogP contribution in [-0.4, -0.2) is 15.0 Å². The second kappa shape index (κ2) is 4.86. The van der Waals surface area contributed by atoms with Crippen molar-refractivity contribution in [3.05, 3.63) is 70.5 Å². The standard InChI is InChI=1S/C15H11N3O/c19-15-12-5-1-2-6-13(12)17-14(18-15)8-7-11-4-3-9-16-10-11/h1-10H,(H,17,18,19)/b8-7+. The van der Waals surface area contributed by atoms with Crippen LogP contribution < -0.4 is 5.56 Å². The molecule has 4 nitrogen and oxygen atoms in total. The van der Waals surface area contributed by atoms with E-state index in [4.69, 9.17) is 0 Å². The molecular formula is C15H11N3O. The van der Waals surface area contributed by atoms with Crippen LogP contribution in [0.2, 0.25) is 0 Å². The molecule has 0 aliphatic rings. The average molecular weight is 249 g/mol. The number of hydrogen-bond donors (Lipinski definition) is 1. The van der Waals surface area contributed by atoms with E-state index < -0.39 is 0 Å². The van der Waals surface area contributed by atoms with Gasteiger partial charge >= 0.3 is 0 Å². The molecule has 0 bridgehead atoms. The van der Waals surface area contributed by atoms with E-state index in [1.807, 2.05) is 36.4 Å². The maximum atomic E-state index is 11.8. The molecule has 0 aliphatic carbocycles. The molecule has 1 N–H and O–H groups in total. The summed E-state index contributed by atoms with van der Waals surface area (Å²) in [7, 11) is 0. The van der Waals surface area contributed by atoms with Crippen LogP contribution in [0.3, 0.4) is 0 Å². The van der Waals surface area contributed by atoms with Gasteiger partial charge in [0.1, 0.15) is 5.82 Å². The van der Waals surface area contributed by atoms with Crippen molar-refractivity contribution in [2.75, 3.05) is 0 Å². The van der Waals surface area contributed by atoms with Gasteiger partial charge in [-0.3, -0.25) is 9.78 Å². The zero-order valence-corrected chi connectivity index (χ0v) is 10.1. The van der Waals surface area contributed by atoms with E-state index in [9.17, 15) is 4.79 Å². The molecule has 0 radical (unpaired) electrons. The summed E-state index contributed by atoms with van der Waals surface area (Å²) >= 11 is 0. The number of hydrogen-bond acceptors (Lipinski definition) is 3. The maximum absolute atomic E-state index is 11.8. The minimum atomic E-state index is -0.222. The summed E-state index contributed by atoms with van der Waals surface area (Å²) in [5.74, 6) is 0.535. The van der Waals surface area contributed by atoms with Crippen molar-refractivity contribution in [3.8, 4) is 0 Å². The largest absolute Gasteiger partial charge is 0.339 e. The number of rotatable bonds is 2. The second-order valence-corrected chi connectivity index (χ2v) is 4.09. The van der Waals surface area contributed by atoms with Gasteiger partial charge in [0.2, 0.25) is 0 Å². The lowest BCUT2D eigenvalue weighted by Gasteiger charge is -1.98. The van der Waals surface area contributed by atoms with Crippen molar-refractivity contribution in [1.29, 1.82) is 0 Å². The van der Waals surface area contributed by atoms with E-state index in [1.165, 1.54) is 0 Å². The van der Waals surface area contributed by atoms with Crippen LogP contribution in [0.1, 0.15) is 11.4 Å². The Balaban J connectivity index is 2.02. The molecule has 0 spiro atoms. The molecule has 0 saturated heterocycles.